The maximum absolute atomic E-state index is 13.9. The molecule has 0 heterocycles. The number of nitrogens with one attached hydrogen (secondary N) is 1. The Morgan fingerprint density at radius 1 is 0.800 bits per heavy atom. The van der Waals surface area contributed by atoms with Gasteiger partial charge < -0.3 is 10.2 Å². The Bertz CT molecular complexity index is 1160. The van der Waals surface area contributed by atoms with Crippen LogP contribution in [-0.2, 0) is 29.0 Å². The van der Waals surface area contributed by atoms with Crippen LogP contribution in [0.3, 0.4) is 0 Å². The fourth-order valence-electron chi connectivity index (χ4n) is 4.17. The molecule has 0 radical (unpaired) electrons. The molecular weight excluding hydrogens is 432 g/mol. The zero-order chi connectivity index (χ0) is 25.6. The standard InChI is InChI=1S/C31H38N2O2/c1-22-16-17-26(18-24(22)3)20-29(34)33(21-27-15-11-10-12-23(27)2)28(30(35)32-31(4,5)6)19-25-13-8-7-9-14-25/h7-18,28H,19-21H2,1-6H3,(H,32,35)/t28-/m0/s1. The van der Waals surface area contributed by atoms with Crippen LogP contribution < -0.4 is 5.32 Å². The van der Waals surface area contributed by atoms with Crippen molar-refractivity contribution < 1.29 is 9.59 Å². The first-order chi connectivity index (χ1) is 16.5. The number of aryl methyl sites for hydroxylation is 3. The molecule has 0 unspecified atom stereocenters. The molecule has 2 amide bonds. The summed E-state index contributed by atoms with van der Waals surface area (Å²) in [5, 5.41) is 3.12. The molecule has 3 rings (SSSR count). The monoisotopic (exact) mass is 470 g/mol. The van der Waals surface area contributed by atoms with Crippen molar-refractivity contribution in [2.45, 2.75) is 72.5 Å². The van der Waals surface area contributed by atoms with E-state index in [0.717, 1.165) is 27.8 Å². The molecule has 0 aromatic heterocycles. The minimum atomic E-state index is -0.629. The maximum Gasteiger partial charge on any atom is 0.243 e. The topological polar surface area (TPSA) is 49.4 Å². The lowest BCUT2D eigenvalue weighted by Crippen LogP contribution is -2.54. The Morgan fingerprint density at radius 2 is 1.46 bits per heavy atom. The quantitative estimate of drug-likeness (QED) is 0.458. The molecule has 1 N–H and O–H groups in total. The van der Waals surface area contributed by atoms with Gasteiger partial charge in [0.1, 0.15) is 6.04 Å². The number of benzene rings is 3. The van der Waals surface area contributed by atoms with Gasteiger partial charge in [-0.3, -0.25) is 9.59 Å². The predicted molar refractivity (Wildman–Crippen MR) is 143 cm³/mol. The lowest BCUT2D eigenvalue weighted by atomic mass is 9.98. The van der Waals surface area contributed by atoms with E-state index in [1.165, 1.54) is 5.56 Å². The fourth-order valence-corrected chi connectivity index (χ4v) is 4.17. The molecule has 4 nitrogen and oxygen atoms in total. The number of amides is 2. The van der Waals surface area contributed by atoms with Crippen molar-refractivity contribution in [1.82, 2.24) is 10.2 Å². The average Bonchev–Trinajstić information content (AvgIpc) is 2.79. The number of nitrogens with zero attached hydrogens (tertiary/aromatic N) is 1. The highest BCUT2D eigenvalue weighted by atomic mass is 16.2. The third kappa shape index (κ3) is 7.54. The zero-order valence-corrected chi connectivity index (χ0v) is 21.9. The molecule has 0 saturated heterocycles. The molecule has 3 aromatic rings. The third-order valence-electron chi connectivity index (χ3n) is 6.30. The van der Waals surface area contributed by atoms with Gasteiger partial charge in [0.15, 0.2) is 0 Å². The number of rotatable bonds is 8. The molecule has 0 aliphatic carbocycles. The zero-order valence-electron chi connectivity index (χ0n) is 21.9. The normalized spacial score (nSPS) is 12.2. The van der Waals surface area contributed by atoms with Gasteiger partial charge in [0.2, 0.25) is 11.8 Å². The van der Waals surface area contributed by atoms with Crippen molar-refractivity contribution in [2.75, 3.05) is 0 Å². The second-order valence-electron chi connectivity index (χ2n) is 10.5. The summed E-state index contributed by atoms with van der Waals surface area (Å²) in [4.78, 5) is 29.3. The second kappa shape index (κ2) is 11.4. The van der Waals surface area contributed by atoms with Crippen LogP contribution in [0, 0.1) is 20.8 Å². The summed E-state index contributed by atoms with van der Waals surface area (Å²) in [5.41, 5.74) is 6.08. The number of carbonyl (C=O) groups excluding carboxylic acids is 2. The van der Waals surface area contributed by atoms with Crippen LogP contribution in [0.2, 0.25) is 0 Å². The lowest BCUT2D eigenvalue weighted by molar-refractivity contribution is -0.141. The van der Waals surface area contributed by atoms with E-state index in [1.807, 2.05) is 88.4 Å². The Labute approximate surface area is 210 Å². The van der Waals surface area contributed by atoms with Gasteiger partial charge in [-0.2, -0.15) is 0 Å². The van der Waals surface area contributed by atoms with Crippen LogP contribution in [0.25, 0.3) is 0 Å². The van der Waals surface area contributed by atoms with Gasteiger partial charge in [-0.05, 0) is 74.9 Å². The summed E-state index contributed by atoms with van der Waals surface area (Å²) >= 11 is 0. The summed E-state index contributed by atoms with van der Waals surface area (Å²) in [7, 11) is 0. The fraction of sp³-hybridized carbons (Fsp3) is 0.355. The summed E-state index contributed by atoms with van der Waals surface area (Å²) in [5.74, 6) is -0.190. The summed E-state index contributed by atoms with van der Waals surface area (Å²) in [6.07, 6.45) is 0.703. The van der Waals surface area contributed by atoms with Crippen molar-refractivity contribution in [3.63, 3.8) is 0 Å². The van der Waals surface area contributed by atoms with Crippen LogP contribution in [0.4, 0.5) is 0 Å². The molecule has 0 bridgehead atoms. The van der Waals surface area contributed by atoms with Crippen LogP contribution in [-0.4, -0.2) is 28.3 Å². The van der Waals surface area contributed by atoms with Crippen LogP contribution in [0.15, 0.2) is 72.8 Å². The van der Waals surface area contributed by atoms with E-state index in [-0.39, 0.29) is 18.2 Å². The molecule has 35 heavy (non-hydrogen) atoms. The van der Waals surface area contributed by atoms with Crippen LogP contribution in [0.5, 0.6) is 0 Å². The molecule has 3 aromatic carbocycles. The van der Waals surface area contributed by atoms with E-state index in [0.29, 0.717) is 13.0 Å². The number of hydrogen-bond acceptors (Lipinski definition) is 2. The molecule has 0 saturated carbocycles. The first-order valence-electron chi connectivity index (χ1n) is 12.3. The van der Waals surface area contributed by atoms with E-state index in [4.69, 9.17) is 0 Å². The van der Waals surface area contributed by atoms with E-state index in [1.54, 1.807) is 4.90 Å². The van der Waals surface area contributed by atoms with Crippen LogP contribution >= 0.6 is 0 Å². The Balaban J connectivity index is 2.01. The smallest absolute Gasteiger partial charge is 0.243 e. The van der Waals surface area contributed by atoms with Gasteiger partial charge in [-0.25, -0.2) is 0 Å². The molecular formula is C31H38N2O2. The molecule has 0 aliphatic heterocycles. The average molecular weight is 471 g/mol. The maximum atomic E-state index is 13.9. The Morgan fingerprint density at radius 3 is 2.09 bits per heavy atom. The number of carbonyl (C=O) groups is 2. The molecule has 0 fully saturated rings. The van der Waals surface area contributed by atoms with Gasteiger partial charge >= 0.3 is 0 Å². The van der Waals surface area contributed by atoms with Gasteiger partial charge in [0.05, 0.1) is 6.42 Å². The minimum absolute atomic E-state index is 0.0542. The second-order valence-corrected chi connectivity index (χ2v) is 10.5. The highest BCUT2D eigenvalue weighted by molar-refractivity contribution is 5.89. The third-order valence-corrected chi connectivity index (χ3v) is 6.30. The van der Waals surface area contributed by atoms with Gasteiger partial charge in [0.25, 0.3) is 0 Å². The minimum Gasteiger partial charge on any atom is -0.350 e. The van der Waals surface area contributed by atoms with Gasteiger partial charge in [0, 0.05) is 18.5 Å². The van der Waals surface area contributed by atoms with Crippen LogP contribution in [0.1, 0.15) is 54.2 Å². The van der Waals surface area contributed by atoms with Crippen molar-refractivity contribution in [2.24, 2.45) is 0 Å². The first-order valence-corrected chi connectivity index (χ1v) is 12.3. The lowest BCUT2D eigenvalue weighted by Gasteiger charge is -2.34. The summed E-state index contributed by atoms with van der Waals surface area (Å²) in [6.45, 7) is 12.4. The van der Waals surface area contributed by atoms with E-state index in [9.17, 15) is 9.59 Å². The van der Waals surface area contributed by atoms with E-state index < -0.39 is 11.6 Å². The van der Waals surface area contributed by atoms with Crippen molar-refractivity contribution in [3.8, 4) is 0 Å². The highest BCUT2D eigenvalue weighted by Gasteiger charge is 2.32. The SMILES string of the molecule is Cc1ccc(CC(=O)N(Cc2ccccc2C)[C@@H](Cc2ccccc2)C(=O)NC(C)(C)C)cc1C. The Kier molecular flexibility index (Phi) is 8.50. The van der Waals surface area contributed by atoms with E-state index >= 15 is 0 Å². The Hall–Kier alpha value is -3.40. The molecule has 184 valence electrons. The summed E-state index contributed by atoms with van der Waals surface area (Å²) < 4.78 is 0. The highest BCUT2D eigenvalue weighted by Crippen LogP contribution is 2.20. The van der Waals surface area contributed by atoms with E-state index in [2.05, 4.69) is 31.3 Å². The molecule has 0 aliphatic rings. The van der Waals surface area contributed by atoms with Crippen molar-refractivity contribution in [1.29, 1.82) is 0 Å². The first kappa shape index (κ1) is 26.2. The van der Waals surface area contributed by atoms with Gasteiger partial charge in [-0.1, -0.05) is 72.8 Å². The number of hydrogen-bond donors (Lipinski definition) is 1. The van der Waals surface area contributed by atoms with Gasteiger partial charge in [-0.15, -0.1) is 0 Å². The molecule has 1 atom stereocenters. The van der Waals surface area contributed by atoms with Crippen molar-refractivity contribution >= 4 is 11.8 Å². The van der Waals surface area contributed by atoms with Crippen molar-refractivity contribution in [3.05, 3.63) is 106 Å². The predicted octanol–water partition coefficient (Wildman–Crippen LogP) is 5.71. The summed E-state index contributed by atoms with van der Waals surface area (Å²) in [6, 6.07) is 23.5. The largest absolute Gasteiger partial charge is 0.350 e. The molecule has 0 spiro atoms. The molecule has 4 heteroatoms.